The van der Waals surface area contributed by atoms with E-state index in [0.29, 0.717) is 23.7 Å². The molecule has 2 heterocycles. The molecule has 3 rings (SSSR count). The number of hydrogen-bond donors (Lipinski definition) is 2. The van der Waals surface area contributed by atoms with Gasteiger partial charge in [-0.25, -0.2) is 9.59 Å². The van der Waals surface area contributed by atoms with Crippen LogP contribution in [0.1, 0.15) is 36.9 Å². The Labute approximate surface area is 154 Å². The van der Waals surface area contributed by atoms with Crippen LogP contribution in [0.2, 0.25) is 0 Å². The van der Waals surface area contributed by atoms with Gasteiger partial charge >= 0.3 is 12.0 Å². The van der Waals surface area contributed by atoms with Crippen molar-refractivity contribution in [2.45, 2.75) is 32.7 Å². The van der Waals surface area contributed by atoms with Gasteiger partial charge in [-0.1, -0.05) is 31.2 Å². The summed E-state index contributed by atoms with van der Waals surface area (Å²) in [4.78, 5) is 27.2. The van der Waals surface area contributed by atoms with E-state index < -0.39 is 12.0 Å². The molecule has 2 atom stereocenters. The number of rotatable bonds is 4. The normalized spacial score (nSPS) is 24.0. The van der Waals surface area contributed by atoms with Gasteiger partial charge in [0.15, 0.2) is 0 Å². The topological polar surface area (TPSA) is 70.7 Å². The number of aryl methyl sites for hydroxylation is 1. The van der Waals surface area contributed by atoms with E-state index >= 15 is 0 Å². The minimum Gasteiger partial charge on any atom is -0.466 e. The van der Waals surface area contributed by atoms with Gasteiger partial charge in [0.05, 0.1) is 18.7 Å². The van der Waals surface area contributed by atoms with Crippen molar-refractivity contribution < 1.29 is 14.3 Å². The first-order valence-electron chi connectivity index (χ1n) is 9.16. The van der Waals surface area contributed by atoms with Gasteiger partial charge in [-0.2, -0.15) is 0 Å². The summed E-state index contributed by atoms with van der Waals surface area (Å²) in [5, 5.41) is 5.74. The fourth-order valence-corrected chi connectivity index (χ4v) is 3.89. The number of nitrogens with one attached hydrogen (secondary N) is 2. The van der Waals surface area contributed by atoms with Crippen molar-refractivity contribution in [2.75, 3.05) is 26.7 Å². The number of benzene rings is 1. The summed E-state index contributed by atoms with van der Waals surface area (Å²) in [5.74, 6) is 0.210. The number of carbonyl (C=O) groups is 2. The van der Waals surface area contributed by atoms with Crippen molar-refractivity contribution >= 4 is 12.0 Å². The van der Waals surface area contributed by atoms with E-state index in [1.54, 1.807) is 0 Å². The van der Waals surface area contributed by atoms with Gasteiger partial charge in [0.2, 0.25) is 0 Å². The summed E-state index contributed by atoms with van der Waals surface area (Å²) < 4.78 is 5.05. The lowest BCUT2D eigenvalue weighted by molar-refractivity contribution is -0.136. The molecule has 0 bridgehead atoms. The van der Waals surface area contributed by atoms with Crippen LogP contribution in [-0.2, 0) is 9.53 Å². The van der Waals surface area contributed by atoms with Gasteiger partial charge in [-0.15, -0.1) is 0 Å². The van der Waals surface area contributed by atoms with E-state index in [4.69, 9.17) is 4.74 Å². The lowest BCUT2D eigenvalue weighted by Gasteiger charge is -2.35. The predicted octanol–water partition coefficient (Wildman–Crippen LogP) is 2.51. The van der Waals surface area contributed by atoms with Crippen LogP contribution < -0.4 is 10.6 Å². The highest BCUT2D eigenvalue weighted by Crippen LogP contribution is 2.30. The van der Waals surface area contributed by atoms with Gasteiger partial charge in [-0.05, 0) is 43.4 Å². The highest BCUT2D eigenvalue weighted by molar-refractivity contribution is 5.95. The van der Waals surface area contributed by atoms with Crippen molar-refractivity contribution in [3.8, 4) is 0 Å². The molecule has 2 aliphatic rings. The number of esters is 1. The molecule has 1 aromatic rings. The largest absolute Gasteiger partial charge is 0.466 e. The molecule has 2 N–H and O–H groups in total. The Morgan fingerprint density at radius 3 is 2.81 bits per heavy atom. The minimum absolute atomic E-state index is 0.286. The first kappa shape index (κ1) is 18.5. The molecule has 0 aromatic heterocycles. The summed E-state index contributed by atoms with van der Waals surface area (Å²) >= 11 is 0. The number of piperidine rings is 1. The van der Waals surface area contributed by atoms with Crippen LogP contribution in [0.25, 0.3) is 0 Å². The molecule has 1 fully saturated rings. The van der Waals surface area contributed by atoms with Crippen molar-refractivity contribution in [3.63, 3.8) is 0 Å². The maximum Gasteiger partial charge on any atom is 0.338 e. The molecular weight excluding hydrogens is 330 g/mol. The maximum atomic E-state index is 12.6. The second-order valence-electron chi connectivity index (χ2n) is 7.25. The summed E-state index contributed by atoms with van der Waals surface area (Å²) in [6.07, 6.45) is 2.36. The van der Waals surface area contributed by atoms with Gasteiger partial charge in [0.25, 0.3) is 0 Å². The first-order valence-corrected chi connectivity index (χ1v) is 9.16. The molecule has 2 aliphatic heterocycles. The lowest BCUT2D eigenvalue weighted by atomic mass is 9.91. The zero-order chi connectivity index (χ0) is 18.7. The Morgan fingerprint density at radius 2 is 2.12 bits per heavy atom. The van der Waals surface area contributed by atoms with Gasteiger partial charge in [0, 0.05) is 18.8 Å². The van der Waals surface area contributed by atoms with Crippen LogP contribution in [-0.4, -0.2) is 43.6 Å². The van der Waals surface area contributed by atoms with Gasteiger partial charge in [-0.3, -0.25) is 4.90 Å². The standard InChI is InChI=1S/C20H27N3O3/c1-13-7-6-10-23(11-13)12-16-17(19(24)26-3)18(22-20(25)21-16)15-9-5-4-8-14(15)2/h4-5,8-9,13,18H,6-7,10-12H2,1-3H3,(H2,21,22,25)/t13-,18+/m1/s1. The zero-order valence-corrected chi connectivity index (χ0v) is 15.7. The Hall–Kier alpha value is -2.34. The second-order valence-corrected chi connectivity index (χ2v) is 7.25. The maximum absolute atomic E-state index is 12.6. The number of methoxy groups -OCH3 is 1. The fraction of sp³-hybridized carbons (Fsp3) is 0.500. The highest BCUT2D eigenvalue weighted by atomic mass is 16.5. The predicted molar refractivity (Wildman–Crippen MR) is 99.5 cm³/mol. The zero-order valence-electron chi connectivity index (χ0n) is 15.7. The molecule has 140 valence electrons. The number of carbonyl (C=O) groups excluding carboxylic acids is 2. The fourth-order valence-electron chi connectivity index (χ4n) is 3.89. The molecule has 0 radical (unpaired) electrons. The SMILES string of the molecule is COC(=O)C1=C(CN2CCC[C@@H](C)C2)NC(=O)N[C@H]1c1ccccc1C. The van der Waals surface area contributed by atoms with Crippen LogP contribution in [0.3, 0.4) is 0 Å². The summed E-state index contributed by atoms with van der Waals surface area (Å²) in [6, 6.07) is 6.98. The van der Waals surface area contributed by atoms with Gasteiger partial charge in [0.1, 0.15) is 0 Å². The molecule has 26 heavy (non-hydrogen) atoms. The van der Waals surface area contributed by atoms with Crippen LogP contribution in [0.15, 0.2) is 35.5 Å². The number of likely N-dealkylation sites (tertiary alicyclic amines) is 1. The van der Waals surface area contributed by atoms with Crippen LogP contribution in [0.5, 0.6) is 0 Å². The third-order valence-corrected chi connectivity index (χ3v) is 5.18. The Bertz CT molecular complexity index is 729. The molecule has 1 aromatic carbocycles. The van der Waals surface area contributed by atoms with Crippen molar-refractivity contribution in [1.82, 2.24) is 15.5 Å². The molecule has 2 amide bonds. The van der Waals surface area contributed by atoms with Crippen molar-refractivity contribution in [2.24, 2.45) is 5.92 Å². The summed E-state index contributed by atoms with van der Waals surface area (Å²) in [5.41, 5.74) is 3.06. The molecule has 0 saturated carbocycles. The van der Waals surface area contributed by atoms with E-state index in [0.717, 1.165) is 30.6 Å². The van der Waals surface area contributed by atoms with Crippen LogP contribution in [0, 0.1) is 12.8 Å². The molecular formula is C20H27N3O3. The van der Waals surface area contributed by atoms with Crippen LogP contribution in [0.4, 0.5) is 4.79 Å². The molecule has 6 nitrogen and oxygen atoms in total. The Morgan fingerprint density at radius 1 is 1.35 bits per heavy atom. The molecule has 0 unspecified atom stereocenters. The first-order chi connectivity index (χ1) is 12.5. The number of nitrogens with zero attached hydrogens (tertiary/aromatic N) is 1. The average Bonchev–Trinajstić information content (AvgIpc) is 2.61. The monoisotopic (exact) mass is 357 g/mol. The number of amides is 2. The van der Waals surface area contributed by atoms with Crippen LogP contribution >= 0.6 is 0 Å². The molecule has 0 spiro atoms. The number of urea groups is 1. The van der Waals surface area contributed by atoms with Gasteiger partial charge < -0.3 is 15.4 Å². The van der Waals surface area contributed by atoms with E-state index in [9.17, 15) is 9.59 Å². The van der Waals surface area contributed by atoms with E-state index in [1.807, 2.05) is 31.2 Å². The molecule has 1 saturated heterocycles. The third kappa shape index (κ3) is 3.90. The third-order valence-electron chi connectivity index (χ3n) is 5.18. The number of hydrogen-bond acceptors (Lipinski definition) is 4. The van der Waals surface area contributed by atoms with E-state index in [-0.39, 0.29) is 6.03 Å². The van der Waals surface area contributed by atoms with Crippen molar-refractivity contribution in [3.05, 3.63) is 46.7 Å². The van der Waals surface area contributed by atoms with E-state index in [1.165, 1.54) is 13.5 Å². The van der Waals surface area contributed by atoms with Crippen molar-refractivity contribution in [1.29, 1.82) is 0 Å². The summed E-state index contributed by atoms with van der Waals surface area (Å²) in [7, 11) is 1.38. The lowest BCUT2D eigenvalue weighted by Crippen LogP contribution is -2.49. The number of ether oxygens (including phenoxy) is 1. The Kier molecular flexibility index (Phi) is 5.61. The Balaban J connectivity index is 1.99. The van der Waals surface area contributed by atoms with E-state index in [2.05, 4.69) is 22.5 Å². The average molecular weight is 357 g/mol. The quantitative estimate of drug-likeness (QED) is 0.813. The summed E-state index contributed by atoms with van der Waals surface area (Å²) in [6.45, 7) is 6.70. The minimum atomic E-state index is -0.505. The molecule has 0 aliphatic carbocycles. The second kappa shape index (κ2) is 7.91. The molecule has 6 heteroatoms. The smallest absolute Gasteiger partial charge is 0.338 e. The highest BCUT2D eigenvalue weighted by Gasteiger charge is 2.35.